The van der Waals surface area contributed by atoms with E-state index < -0.39 is 5.97 Å². The standard InChI is InChI=1S/C19H18N2O2/c20-13-15(19(22)23)12-14-8-9-18(21-10-4-1-5-11-21)17-7-3-2-6-16(14)17/h2-3,6-9,12H,1,4-5,10-11H2,(H,22,23). The van der Waals surface area contributed by atoms with E-state index in [9.17, 15) is 4.79 Å². The van der Waals surface area contributed by atoms with E-state index in [1.54, 1.807) is 6.07 Å². The first-order valence-corrected chi connectivity index (χ1v) is 7.82. The average Bonchev–Trinajstić information content (AvgIpc) is 2.60. The maximum absolute atomic E-state index is 11.1. The molecule has 4 heteroatoms. The lowest BCUT2D eigenvalue weighted by atomic mass is 9.99. The lowest BCUT2D eigenvalue weighted by Crippen LogP contribution is -2.29. The largest absolute Gasteiger partial charge is 0.477 e. The molecule has 0 aromatic heterocycles. The molecular weight excluding hydrogens is 288 g/mol. The van der Waals surface area contributed by atoms with Gasteiger partial charge in [0, 0.05) is 24.2 Å². The van der Waals surface area contributed by atoms with Crippen molar-refractivity contribution in [3.05, 3.63) is 47.5 Å². The SMILES string of the molecule is N#CC(=Cc1ccc(N2CCCCC2)c2ccccc12)C(=O)O. The van der Waals surface area contributed by atoms with Gasteiger partial charge in [0.2, 0.25) is 0 Å². The van der Waals surface area contributed by atoms with Crippen LogP contribution in [0.5, 0.6) is 0 Å². The Hall–Kier alpha value is -2.80. The topological polar surface area (TPSA) is 64.3 Å². The number of nitrogens with zero attached hydrogens (tertiary/aromatic N) is 2. The van der Waals surface area contributed by atoms with E-state index in [-0.39, 0.29) is 5.57 Å². The summed E-state index contributed by atoms with van der Waals surface area (Å²) in [5.41, 5.74) is 1.70. The highest BCUT2D eigenvalue weighted by atomic mass is 16.4. The van der Waals surface area contributed by atoms with Crippen LogP contribution in [0.15, 0.2) is 42.0 Å². The van der Waals surface area contributed by atoms with Gasteiger partial charge in [0.25, 0.3) is 0 Å². The quantitative estimate of drug-likeness (QED) is 0.691. The molecule has 23 heavy (non-hydrogen) atoms. The Balaban J connectivity index is 2.13. The molecule has 0 amide bonds. The molecule has 116 valence electrons. The van der Waals surface area contributed by atoms with Crippen LogP contribution < -0.4 is 4.90 Å². The molecule has 0 aliphatic carbocycles. The normalized spacial score (nSPS) is 15.4. The molecule has 3 rings (SSSR count). The minimum absolute atomic E-state index is 0.249. The van der Waals surface area contributed by atoms with Gasteiger partial charge in [0.15, 0.2) is 0 Å². The fourth-order valence-electron chi connectivity index (χ4n) is 3.14. The van der Waals surface area contributed by atoms with Crippen LogP contribution in [0.3, 0.4) is 0 Å². The fraction of sp³-hybridized carbons (Fsp3) is 0.263. The number of carboxylic acid groups (broad SMARTS) is 1. The number of hydrogen-bond donors (Lipinski definition) is 1. The Bertz CT molecular complexity index is 812. The molecule has 0 spiro atoms. The Kier molecular flexibility index (Phi) is 4.29. The highest BCUT2D eigenvalue weighted by Crippen LogP contribution is 2.32. The van der Waals surface area contributed by atoms with Crippen LogP contribution in [0.25, 0.3) is 16.8 Å². The van der Waals surface area contributed by atoms with E-state index in [2.05, 4.69) is 11.0 Å². The van der Waals surface area contributed by atoms with Crippen LogP contribution in [-0.2, 0) is 4.79 Å². The molecule has 1 heterocycles. The Labute approximate surface area is 135 Å². The van der Waals surface area contributed by atoms with Gasteiger partial charge in [0.1, 0.15) is 11.6 Å². The van der Waals surface area contributed by atoms with E-state index in [1.165, 1.54) is 31.0 Å². The first-order chi connectivity index (χ1) is 11.2. The van der Waals surface area contributed by atoms with Crippen molar-refractivity contribution in [3.8, 4) is 6.07 Å². The molecule has 2 aromatic rings. The van der Waals surface area contributed by atoms with E-state index in [1.807, 2.05) is 30.3 Å². The van der Waals surface area contributed by atoms with Gasteiger partial charge in [-0.1, -0.05) is 30.3 Å². The molecule has 0 unspecified atom stereocenters. The minimum atomic E-state index is -1.20. The second kappa shape index (κ2) is 6.53. The summed E-state index contributed by atoms with van der Waals surface area (Å²) in [5.74, 6) is -1.20. The maximum Gasteiger partial charge on any atom is 0.346 e. The molecule has 1 aliphatic rings. The number of anilines is 1. The summed E-state index contributed by atoms with van der Waals surface area (Å²) in [5, 5.41) is 20.1. The first kappa shape index (κ1) is 15.1. The van der Waals surface area contributed by atoms with E-state index in [4.69, 9.17) is 10.4 Å². The van der Waals surface area contributed by atoms with Crippen molar-refractivity contribution >= 4 is 28.5 Å². The van der Waals surface area contributed by atoms with Gasteiger partial charge in [-0.05, 0) is 42.4 Å². The van der Waals surface area contributed by atoms with E-state index >= 15 is 0 Å². The molecule has 1 aliphatic heterocycles. The maximum atomic E-state index is 11.1. The Morgan fingerprint density at radius 1 is 1.09 bits per heavy atom. The zero-order chi connectivity index (χ0) is 16.2. The van der Waals surface area contributed by atoms with Gasteiger partial charge in [-0.15, -0.1) is 0 Å². The monoisotopic (exact) mass is 306 g/mol. The number of rotatable bonds is 3. The molecule has 2 aromatic carbocycles. The van der Waals surface area contributed by atoms with Crippen molar-refractivity contribution in [1.29, 1.82) is 5.26 Å². The number of fused-ring (bicyclic) bond motifs is 1. The second-order valence-corrected chi connectivity index (χ2v) is 5.74. The summed E-state index contributed by atoms with van der Waals surface area (Å²) >= 11 is 0. The fourth-order valence-corrected chi connectivity index (χ4v) is 3.14. The van der Waals surface area contributed by atoms with Gasteiger partial charge >= 0.3 is 5.97 Å². The van der Waals surface area contributed by atoms with Crippen molar-refractivity contribution in [1.82, 2.24) is 0 Å². The van der Waals surface area contributed by atoms with Crippen molar-refractivity contribution in [3.63, 3.8) is 0 Å². The summed E-state index contributed by atoms with van der Waals surface area (Å²) in [7, 11) is 0. The average molecular weight is 306 g/mol. The van der Waals surface area contributed by atoms with Gasteiger partial charge in [-0.2, -0.15) is 5.26 Å². The van der Waals surface area contributed by atoms with Crippen LogP contribution in [0.2, 0.25) is 0 Å². The number of carbonyl (C=O) groups is 1. The highest BCUT2D eigenvalue weighted by Gasteiger charge is 2.15. The van der Waals surface area contributed by atoms with Gasteiger partial charge < -0.3 is 10.0 Å². The summed E-state index contributed by atoms with van der Waals surface area (Å²) < 4.78 is 0. The number of hydrogen-bond acceptors (Lipinski definition) is 3. The summed E-state index contributed by atoms with van der Waals surface area (Å²) in [6, 6.07) is 13.7. The molecule has 0 saturated carbocycles. The number of benzene rings is 2. The van der Waals surface area contributed by atoms with Crippen LogP contribution in [0, 0.1) is 11.3 Å². The summed E-state index contributed by atoms with van der Waals surface area (Å²) in [6.45, 7) is 2.11. The lowest BCUT2D eigenvalue weighted by Gasteiger charge is -2.30. The summed E-state index contributed by atoms with van der Waals surface area (Å²) in [4.78, 5) is 13.5. The third-order valence-corrected chi connectivity index (χ3v) is 4.28. The molecule has 0 atom stereocenters. The molecule has 1 fully saturated rings. The highest BCUT2D eigenvalue weighted by molar-refractivity contribution is 6.03. The van der Waals surface area contributed by atoms with E-state index in [0.717, 1.165) is 29.4 Å². The zero-order valence-electron chi connectivity index (χ0n) is 12.8. The molecule has 0 bridgehead atoms. The van der Waals surface area contributed by atoms with Gasteiger partial charge in [-0.25, -0.2) is 4.79 Å². The van der Waals surface area contributed by atoms with Crippen LogP contribution in [0.4, 0.5) is 5.69 Å². The number of nitriles is 1. The Morgan fingerprint density at radius 3 is 2.43 bits per heavy atom. The molecule has 0 radical (unpaired) electrons. The number of carboxylic acids is 1. The molecular formula is C19H18N2O2. The zero-order valence-corrected chi connectivity index (χ0v) is 12.8. The van der Waals surface area contributed by atoms with Crippen LogP contribution in [0.1, 0.15) is 24.8 Å². The predicted octanol–water partition coefficient (Wildman–Crippen LogP) is 3.82. The van der Waals surface area contributed by atoms with Crippen molar-refractivity contribution in [2.45, 2.75) is 19.3 Å². The predicted molar refractivity (Wildman–Crippen MR) is 91.2 cm³/mol. The van der Waals surface area contributed by atoms with Gasteiger partial charge in [0.05, 0.1) is 0 Å². The molecule has 4 nitrogen and oxygen atoms in total. The number of piperidine rings is 1. The third kappa shape index (κ3) is 3.04. The second-order valence-electron chi connectivity index (χ2n) is 5.74. The van der Waals surface area contributed by atoms with Gasteiger partial charge in [-0.3, -0.25) is 0 Å². The minimum Gasteiger partial charge on any atom is -0.477 e. The third-order valence-electron chi connectivity index (χ3n) is 4.28. The van der Waals surface area contributed by atoms with Crippen LogP contribution in [-0.4, -0.2) is 24.2 Å². The Morgan fingerprint density at radius 2 is 1.78 bits per heavy atom. The molecule has 1 N–H and O–H groups in total. The molecule has 1 saturated heterocycles. The van der Waals surface area contributed by atoms with Crippen molar-refractivity contribution in [2.75, 3.05) is 18.0 Å². The van der Waals surface area contributed by atoms with E-state index in [0.29, 0.717) is 0 Å². The smallest absolute Gasteiger partial charge is 0.346 e. The number of aliphatic carboxylic acids is 1. The van der Waals surface area contributed by atoms with Crippen LogP contribution >= 0.6 is 0 Å². The van der Waals surface area contributed by atoms with Crippen molar-refractivity contribution in [2.24, 2.45) is 0 Å². The summed E-state index contributed by atoms with van der Waals surface area (Å²) in [6.07, 6.45) is 5.13. The lowest BCUT2D eigenvalue weighted by molar-refractivity contribution is -0.132. The van der Waals surface area contributed by atoms with Crippen molar-refractivity contribution < 1.29 is 9.90 Å². The first-order valence-electron chi connectivity index (χ1n) is 7.82.